The Hall–Kier alpha value is -2.63. The average molecular weight is 311 g/mol. The fourth-order valence-electron chi connectivity index (χ4n) is 3.36. The van der Waals surface area contributed by atoms with Crippen LogP contribution in [0.25, 0.3) is 0 Å². The van der Waals surface area contributed by atoms with Crippen LogP contribution in [0.3, 0.4) is 0 Å². The third kappa shape index (κ3) is 2.50. The third-order valence-corrected chi connectivity index (χ3v) is 4.53. The highest BCUT2D eigenvalue weighted by Gasteiger charge is 2.38. The number of carbonyl (C=O) groups excluding carboxylic acids is 2. The second-order valence-electron chi connectivity index (χ2n) is 6.00. The van der Waals surface area contributed by atoms with Gasteiger partial charge >= 0.3 is 0 Å². The van der Waals surface area contributed by atoms with Crippen molar-refractivity contribution in [2.75, 3.05) is 18.0 Å². The topological polar surface area (TPSA) is 66.7 Å². The molecule has 6 nitrogen and oxygen atoms in total. The summed E-state index contributed by atoms with van der Waals surface area (Å²) in [7, 11) is 0. The van der Waals surface area contributed by atoms with Gasteiger partial charge < -0.3 is 14.2 Å². The number of fused-ring (bicyclic) bond motifs is 1. The van der Waals surface area contributed by atoms with Gasteiger partial charge in [0.05, 0.1) is 18.7 Å². The largest absolute Gasteiger partial charge is 0.467 e. The highest BCUT2D eigenvalue weighted by atomic mass is 16.3. The van der Waals surface area contributed by atoms with Crippen LogP contribution in [-0.2, 0) is 22.6 Å². The monoisotopic (exact) mass is 311 g/mol. The van der Waals surface area contributed by atoms with Crippen LogP contribution in [-0.4, -0.2) is 34.8 Å². The van der Waals surface area contributed by atoms with E-state index in [0.29, 0.717) is 19.6 Å². The molecular weight excluding hydrogens is 294 g/mol. The molecule has 2 aromatic rings. The quantitative estimate of drug-likeness (QED) is 0.864. The van der Waals surface area contributed by atoms with E-state index in [2.05, 4.69) is 4.98 Å². The molecule has 0 aromatic carbocycles. The van der Waals surface area contributed by atoms with Crippen molar-refractivity contribution in [2.24, 2.45) is 5.92 Å². The lowest BCUT2D eigenvalue weighted by Crippen LogP contribution is -2.36. The van der Waals surface area contributed by atoms with Crippen molar-refractivity contribution in [1.82, 2.24) is 9.88 Å². The number of furan rings is 1. The molecule has 1 fully saturated rings. The second-order valence-corrected chi connectivity index (χ2v) is 6.00. The standard InChI is InChI=1S/C17H17N3O3/c21-16-8-13(10-19(16)11-14-2-1-7-23-14)17(22)20-6-4-12-9-18-5-3-15(12)20/h1-3,5,7,9,13H,4,6,8,10-11H2. The van der Waals surface area contributed by atoms with E-state index >= 15 is 0 Å². The number of amides is 2. The SMILES string of the molecule is O=C1CC(C(=O)N2CCc3cnccc32)CN1Cc1ccco1. The smallest absolute Gasteiger partial charge is 0.232 e. The van der Waals surface area contributed by atoms with Crippen molar-refractivity contribution in [3.8, 4) is 0 Å². The molecule has 1 unspecified atom stereocenters. The van der Waals surface area contributed by atoms with Crippen molar-refractivity contribution >= 4 is 17.5 Å². The molecule has 1 saturated heterocycles. The molecule has 0 saturated carbocycles. The summed E-state index contributed by atoms with van der Waals surface area (Å²) in [5.41, 5.74) is 2.03. The van der Waals surface area contributed by atoms with Crippen LogP contribution in [0.15, 0.2) is 41.3 Å². The van der Waals surface area contributed by atoms with Gasteiger partial charge in [0.2, 0.25) is 11.8 Å². The Balaban J connectivity index is 1.47. The number of nitrogens with zero attached hydrogens (tertiary/aromatic N) is 3. The minimum atomic E-state index is -0.281. The van der Waals surface area contributed by atoms with Crippen LogP contribution in [0.2, 0.25) is 0 Å². The first-order chi connectivity index (χ1) is 11.2. The Bertz CT molecular complexity index is 741. The molecule has 0 radical (unpaired) electrons. The number of carbonyl (C=O) groups is 2. The van der Waals surface area contributed by atoms with Crippen molar-refractivity contribution in [3.63, 3.8) is 0 Å². The van der Waals surface area contributed by atoms with Gasteiger partial charge in [-0.25, -0.2) is 0 Å². The lowest BCUT2D eigenvalue weighted by Gasteiger charge is -2.21. The number of anilines is 1. The number of aromatic nitrogens is 1. The van der Waals surface area contributed by atoms with E-state index in [4.69, 9.17) is 4.42 Å². The third-order valence-electron chi connectivity index (χ3n) is 4.53. The van der Waals surface area contributed by atoms with Crippen LogP contribution >= 0.6 is 0 Å². The maximum absolute atomic E-state index is 12.8. The van der Waals surface area contributed by atoms with Crippen molar-refractivity contribution in [3.05, 3.63) is 48.2 Å². The van der Waals surface area contributed by atoms with Gasteiger partial charge in [-0.05, 0) is 30.2 Å². The molecule has 2 aliphatic rings. The van der Waals surface area contributed by atoms with E-state index in [-0.39, 0.29) is 24.2 Å². The minimum Gasteiger partial charge on any atom is -0.467 e. The maximum atomic E-state index is 12.8. The molecule has 2 aromatic heterocycles. The van der Waals surface area contributed by atoms with Crippen molar-refractivity contribution in [1.29, 1.82) is 0 Å². The molecule has 0 N–H and O–H groups in total. The minimum absolute atomic E-state index is 0.00824. The van der Waals surface area contributed by atoms with Gasteiger partial charge in [-0.15, -0.1) is 0 Å². The molecule has 4 heterocycles. The molecule has 23 heavy (non-hydrogen) atoms. The lowest BCUT2D eigenvalue weighted by atomic mass is 10.1. The Morgan fingerprint density at radius 3 is 3.13 bits per heavy atom. The van der Waals surface area contributed by atoms with Gasteiger partial charge in [0.1, 0.15) is 5.76 Å². The van der Waals surface area contributed by atoms with E-state index in [0.717, 1.165) is 23.4 Å². The average Bonchev–Trinajstić information content (AvgIpc) is 3.28. The summed E-state index contributed by atoms with van der Waals surface area (Å²) >= 11 is 0. The molecule has 2 amide bonds. The van der Waals surface area contributed by atoms with Gasteiger partial charge in [0, 0.05) is 37.6 Å². The highest BCUT2D eigenvalue weighted by molar-refractivity contribution is 6.00. The predicted octanol–water partition coefficient (Wildman–Crippen LogP) is 1.61. The fraction of sp³-hybridized carbons (Fsp3) is 0.353. The summed E-state index contributed by atoms with van der Waals surface area (Å²) in [4.78, 5) is 32.6. The molecule has 1 atom stereocenters. The Kier molecular flexibility index (Phi) is 3.37. The van der Waals surface area contributed by atoms with Crippen LogP contribution in [0, 0.1) is 5.92 Å². The zero-order chi connectivity index (χ0) is 15.8. The number of pyridine rings is 1. The van der Waals surface area contributed by atoms with Crippen LogP contribution in [0.1, 0.15) is 17.7 Å². The summed E-state index contributed by atoms with van der Waals surface area (Å²) in [6.45, 7) is 1.55. The zero-order valence-electron chi connectivity index (χ0n) is 12.6. The van der Waals surface area contributed by atoms with Gasteiger partial charge in [-0.2, -0.15) is 0 Å². The molecule has 6 heteroatoms. The van der Waals surface area contributed by atoms with Gasteiger partial charge in [0.25, 0.3) is 0 Å². The first-order valence-corrected chi connectivity index (χ1v) is 7.77. The first-order valence-electron chi connectivity index (χ1n) is 7.77. The van der Waals surface area contributed by atoms with E-state index in [9.17, 15) is 9.59 Å². The molecule has 0 bridgehead atoms. The first kappa shape index (κ1) is 14.0. The van der Waals surface area contributed by atoms with Crippen molar-refractivity contribution < 1.29 is 14.0 Å². The van der Waals surface area contributed by atoms with Crippen molar-refractivity contribution in [2.45, 2.75) is 19.4 Å². The van der Waals surface area contributed by atoms with Gasteiger partial charge in [-0.1, -0.05) is 0 Å². The Labute approximate surface area is 133 Å². The molecule has 118 valence electrons. The molecule has 4 rings (SSSR count). The van der Waals surface area contributed by atoms with Gasteiger partial charge in [-0.3, -0.25) is 14.6 Å². The number of hydrogen-bond donors (Lipinski definition) is 0. The number of likely N-dealkylation sites (tertiary alicyclic amines) is 1. The summed E-state index contributed by atoms with van der Waals surface area (Å²) in [6, 6.07) is 5.51. The molecule has 0 spiro atoms. The number of hydrogen-bond acceptors (Lipinski definition) is 4. The Morgan fingerprint density at radius 1 is 1.39 bits per heavy atom. The predicted molar refractivity (Wildman–Crippen MR) is 82.5 cm³/mol. The molecular formula is C17H17N3O3. The summed E-state index contributed by atoms with van der Waals surface area (Å²) < 4.78 is 5.29. The van der Waals surface area contributed by atoms with E-state index in [1.54, 1.807) is 28.3 Å². The summed E-state index contributed by atoms with van der Waals surface area (Å²) in [5, 5.41) is 0. The van der Waals surface area contributed by atoms with Crippen LogP contribution in [0.4, 0.5) is 5.69 Å². The summed E-state index contributed by atoms with van der Waals surface area (Å²) in [6.07, 6.45) is 6.20. The van der Waals surface area contributed by atoms with Crippen LogP contribution in [0.5, 0.6) is 0 Å². The van der Waals surface area contributed by atoms with Crippen LogP contribution < -0.4 is 4.90 Å². The normalized spacial score (nSPS) is 20.2. The lowest BCUT2D eigenvalue weighted by molar-refractivity contribution is -0.129. The van der Waals surface area contributed by atoms with Gasteiger partial charge in [0.15, 0.2) is 0 Å². The molecule has 0 aliphatic carbocycles. The highest BCUT2D eigenvalue weighted by Crippen LogP contribution is 2.30. The van der Waals surface area contributed by atoms with E-state index in [1.807, 2.05) is 18.3 Å². The second kappa shape index (κ2) is 5.53. The van der Waals surface area contributed by atoms with E-state index in [1.165, 1.54) is 0 Å². The number of rotatable bonds is 3. The maximum Gasteiger partial charge on any atom is 0.232 e. The zero-order valence-corrected chi connectivity index (χ0v) is 12.6. The fourth-order valence-corrected chi connectivity index (χ4v) is 3.36. The summed E-state index contributed by atoms with van der Waals surface area (Å²) in [5.74, 6) is 0.500. The molecule has 2 aliphatic heterocycles. The van der Waals surface area contributed by atoms with E-state index < -0.39 is 0 Å². The Morgan fingerprint density at radius 2 is 2.30 bits per heavy atom.